The fourth-order valence-electron chi connectivity index (χ4n) is 1.51. The lowest BCUT2D eigenvalue weighted by atomic mass is 10.0. The van der Waals surface area contributed by atoms with Crippen LogP contribution in [0.1, 0.15) is 19.4 Å². The zero-order chi connectivity index (χ0) is 13.9. The summed E-state index contributed by atoms with van der Waals surface area (Å²) in [7, 11) is 0. The van der Waals surface area contributed by atoms with Crippen LogP contribution >= 0.6 is 0 Å². The number of nitrogens with one attached hydrogen (secondary N) is 1. The van der Waals surface area contributed by atoms with Gasteiger partial charge in [0.25, 0.3) is 5.69 Å². The van der Waals surface area contributed by atoms with Crippen LogP contribution in [-0.4, -0.2) is 21.9 Å². The van der Waals surface area contributed by atoms with Crippen LogP contribution in [0.25, 0.3) is 0 Å². The highest BCUT2D eigenvalue weighted by atomic mass is 16.6. The van der Waals surface area contributed by atoms with Gasteiger partial charge in [0.1, 0.15) is 11.9 Å². The Bertz CT molecular complexity index is 473. The third-order valence-corrected chi connectivity index (χ3v) is 2.55. The Morgan fingerprint density at radius 3 is 2.61 bits per heavy atom. The summed E-state index contributed by atoms with van der Waals surface area (Å²) in [6.07, 6.45) is 1.39. The van der Waals surface area contributed by atoms with E-state index in [4.69, 9.17) is 5.73 Å². The molecular weight excluding hydrogens is 236 g/mol. The van der Waals surface area contributed by atoms with Crippen molar-refractivity contribution in [3.05, 3.63) is 27.9 Å². The number of aryl methyl sites for hydroxylation is 1. The molecule has 0 saturated carbocycles. The quantitative estimate of drug-likeness (QED) is 0.604. The molecule has 7 nitrogen and oxygen atoms in total. The number of hydrogen-bond donors (Lipinski definition) is 2. The fourth-order valence-corrected chi connectivity index (χ4v) is 1.51. The summed E-state index contributed by atoms with van der Waals surface area (Å²) in [4.78, 5) is 25.5. The second kappa shape index (κ2) is 5.44. The minimum Gasteiger partial charge on any atom is -0.368 e. The molecule has 1 rings (SSSR count). The number of nitrogens with zero attached hydrogens (tertiary/aromatic N) is 2. The molecule has 0 aliphatic carbocycles. The van der Waals surface area contributed by atoms with Crippen molar-refractivity contribution < 1.29 is 9.72 Å². The van der Waals surface area contributed by atoms with Gasteiger partial charge in [0.15, 0.2) is 0 Å². The molecular formula is C11H16N4O3. The third-order valence-electron chi connectivity index (χ3n) is 2.55. The van der Waals surface area contributed by atoms with Crippen molar-refractivity contribution in [3.63, 3.8) is 0 Å². The maximum Gasteiger partial charge on any atom is 0.277 e. The Labute approximate surface area is 105 Å². The van der Waals surface area contributed by atoms with Crippen LogP contribution in [-0.2, 0) is 4.79 Å². The number of hydrogen-bond acceptors (Lipinski definition) is 5. The van der Waals surface area contributed by atoms with Crippen LogP contribution in [0.2, 0.25) is 0 Å². The number of carbonyl (C=O) groups is 1. The minimum absolute atomic E-state index is 0.0374. The fraction of sp³-hybridized carbons (Fsp3) is 0.455. The Morgan fingerprint density at radius 2 is 2.17 bits per heavy atom. The zero-order valence-electron chi connectivity index (χ0n) is 10.5. The number of pyridine rings is 1. The van der Waals surface area contributed by atoms with Gasteiger partial charge in [0, 0.05) is 11.8 Å². The number of anilines is 1. The first-order valence-corrected chi connectivity index (χ1v) is 5.49. The standard InChI is InChI=1S/C11H16N4O3/c1-6(2)10(11(12)16)14-9-4-8(15(17)18)7(3)5-13-9/h4-6,10H,1-3H3,(H2,12,16)(H,13,14). The van der Waals surface area contributed by atoms with Crippen LogP contribution in [0.4, 0.5) is 11.5 Å². The molecule has 0 spiro atoms. The zero-order valence-corrected chi connectivity index (χ0v) is 10.5. The third kappa shape index (κ3) is 3.16. The van der Waals surface area contributed by atoms with Crippen molar-refractivity contribution in [2.24, 2.45) is 11.7 Å². The van der Waals surface area contributed by atoms with Crippen molar-refractivity contribution in [2.75, 3.05) is 5.32 Å². The molecule has 1 amide bonds. The molecule has 7 heteroatoms. The van der Waals surface area contributed by atoms with Crippen molar-refractivity contribution in [1.29, 1.82) is 0 Å². The van der Waals surface area contributed by atoms with Gasteiger partial charge in [-0.25, -0.2) is 4.98 Å². The molecule has 0 bridgehead atoms. The van der Waals surface area contributed by atoms with Crippen molar-refractivity contribution >= 4 is 17.4 Å². The lowest BCUT2D eigenvalue weighted by Crippen LogP contribution is -2.39. The second-order valence-electron chi connectivity index (χ2n) is 4.38. The Hall–Kier alpha value is -2.18. The molecule has 1 heterocycles. The van der Waals surface area contributed by atoms with Crippen LogP contribution in [0.3, 0.4) is 0 Å². The van der Waals surface area contributed by atoms with Crippen molar-refractivity contribution in [3.8, 4) is 0 Å². The van der Waals surface area contributed by atoms with E-state index < -0.39 is 16.9 Å². The van der Waals surface area contributed by atoms with Crippen molar-refractivity contribution in [1.82, 2.24) is 4.98 Å². The Morgan fingerprint density at radius 1 is 1.56 bits per heavy atom. The summed E-state index contributed by atoms with van der Waals surface area (Å²) >= 11 is 0. The van der Waals surface area contributed by atoms with E-state index in [0.717, 1.165) is 0 Å². The summed E-state index contributed by atoms with van der Waals surface area (Å²) < 4.78 is 0. The van der Waals surface area contributed by atoms with Gasteiger partial charge in [0.05, 0.1) is 11.0 Å². The minimum atomic E-state index is -0.611. The number of carbonyl (C=O) groups excluding carboxylic acids is 1. The van der Waals surface area contributed by atoms with Gasteiger partial charge in [0.2, 0.25) is 5.91 Å². The molecule has 18 heavy (non-hydrogen) atoms. The van der Waals surface area contributed by atoms with Crippen LogP contribution in [0.5, 0.6) is 0 Å². The molecule has 1 aromatic rings. The monoisotopic (exact) mass is 252 g/mol. The van der Waals surface area contributed by atoms with Gasteiger partial charge in [-0.15, -0.1) is 0 Å². The summed E-state index contributed by atoms with van der Waals surface area (Å²) in [5.74, 6) is -0.288. The molecule has 0 aromatic carbocycles. The molecule has 1 atom stereocenters. The van der Waals surface area contributed by atoms with E-state index in [2.05, 4.69) is 10.3 Å². The predicted octanol–water partition coefficient (Wildman–Crippen LogP) is 1.22. The number of amides is 1. The van der Waals surface area contributed by atoms with Gasteiger partial charge in [-0.05, 0) is 12.8 Å². The van der Waals surface area contributed by atoms with E-state index in [1.165, 1.54) is 12.3 Å². The maximum absolute atomic E-state index is 11.2. The molecule has 1 unspecified atom stereocenters. The molecule has 98 valence electrons. The van der Waals surface area contributed by atoms with Gasteiger partial charge < -0.3 is 11.1 Å². The van der Waals surface area contributed by atoms with E-state index in [1.54, 1.807) is 6.92 Å². The van der Waals surface area contributed by atoms with Gasteiger partial charge >= 0.3 is 0 Å². The SMILES string of the molecule is Cc1cnc(NC(C(N)=O)C(C)C)cc1[N+](=O)[O-]. The van der Waals surface area contributed by atoms with Crippen LogP contribution < -0.4 is 11.1 Å². The lowest BCUT2D eigenvalue weighted by Gasteiger charge is -2.19. The molecule has 1 aromatic heterocycles. The molecule has 0 fully saturated rings. The second-order valence-corrected chi connectivity index (χ2v) is 4.38. The summed E-state index contributed by atoms with van der Waals surface area (Å²) in [6, 6.07) is 0.688. The largest absolute Gasteiger partial charge is 0.368 e. The number of nitro groups is 1. The number of aromatic nitrogens is 1. The first-order valence-electron chi connectivity index (χ1n) is 5.49. The van der Waals surface area contributed by atoms with Gasteiger partial charge in [-0.3, -0.25) is 14.9 Å². The van der Waals surface area contributed by atoms with E-state index >= 15 is 0 Å². The summed E-state index contributed by atoms with van der Waals surface area (Å²) in [5.41, 5.74) is 5.67. The first-order chi connectivity index (χ1) is 8.32. The van der Waals surface area contributed by atoms with E-state index in [1.807, 2.05) is 13.8 Å². The molecule has 3 N–H and O–H groups in total. The van der Waals surface area contributed by atoms with Crippen molar-refractivity contribution in [2.45, 2.75) is 26.8 Å². The van der Waals surface area contributed by atoms with E-state index in [9.17, 15) is 14.9 Å². The smallest absolute Gasteiger partial charge is 0.277 e. The summed E-state index contributed by atoms with van der Waals surface area (Å²) in [5, 5.41) is 13.6. The average Bonchev–Trinajstić information content (AvgIpc) is 2.26. The first kappa shape index (κ1) is 13.9. The topological polar surface area (TPSA) is 111 Å². The van der Waals surface area contributed by atoms with Crippen LogP contribution in [0.15, 0.2) is 12.3 Å². The van der Waals surface area contributed by atoms with E-state index in [-0.39, 0.29) is 17.4 Å². The van der Waals surface area contributed by atoms with Gasteiger partial charge in [-0.1, -0.05) is 13.8 Å². The Kier molecular flexibility index (Phi) is 4.19. The van der Waals surface area contributed by atoms with Crippen LogP contribution in [0, 0.1) is 23.0 Å². The Balaban J connectivity index is 3.01. The highest BCUT2D eigenvalue weighted by Crippen LogP contribution is 2.21. The molecule has 0 saturated heterocycles. The molecule has 0 radical (unpaired) electrons. The number of rotatable bonds is 5. The molecule has 0 aliphatic rings. The predicted molar refractivity (Wildman–Crippen MR) is 67.1 cm³/mol. The van der Waals surface area contributed by atoms with Gasteiger partial charge in [-0.2, -0.15) is 0 Å². The highest BCUT2D eigenvalue weighted by Gasteiger charge is 2.21. The maximum atomic E-state index is 11.2. The number of nitrogens with two attached hydrogens (primary N) is 1. The average molecular weight is 252 g/mol. The number of primary amides is 1. The van der Waals surface area contributed by atoms with E-state index in [0.29, 0.717) is 5.56 Å². The lowest BCUT2D eigenvalue weighted by molar-refractivity contribution is -0.385. The highest BCUT2D eigenvalue weighted by molar-refractivity contribution is 5.83. The normalized spacial score (nSPS) is 12.2. The summed E-state index contributed by atoms with van der Waals surface area (Å²) in [6.45, 7) is 5.25. The molecule has 0 aliphatic heterocycles.